The van der Waals surface area contributed by atoms with E-state index >= 15 is 0 Å². The molecule has 0 saturated heterocycles. The van der Waals surface area contributed by atoms with Crippen molar-refractivity contribution in [2.45, 2.75) is 24.3 Å². The van der Waals surface area contributed by atoms with Crippen LogP contribution in [0, 0.1) is 5.82 Å². The second kappa shape index (κ2) is 5.37. The number of fused-ring (bicyclic) bond motifs is 1. The van der Waals surface area contributed by atoms with Gasteiger partial charge in [-0.15, -0.1) is 0 Å². The molecular weight excluding hydrogens is 331 g/mol. The number of carbonyl (C=O) groups excluding carboxylic acids is 1. The zero-order valence-corrected chi connectivity index (χ0v) is 13.1. The highest BCUT2D eigenvalue weighted by atomic mass is 19.3. The highest BCUT2D eigenvalue weighted by Gasteiger charge is 2.58. The number of rotatable bonds is 3. The zero-order chi connectivity index (χ0) is 17.7. The van der Waals surface area contributed by atoms with Crippen molar-refractivity contribution < 1.29 is 22.4 Å². The first-order valence-electron chi connectivity index (χ1n) is 7.81. The van der Waals surface area contributed by atoms with Crippen LogP contribution >= 0.6 is 0 Å². The molecule has 128 valence electrons. The van der Waals surface area contributed by atoms with E-state index in [1.165, 1.54) is 12.3 Å². The van der Waals surface area contributed by atoms with Gasteiger partial charge in [-0.25, -0.2) is 13.2 Å². The molecule has 3 aromatic rings. The van der Waals surface area contributed by atoms with Crippen LogP contribution in [-0.2, 0) is 5.54 Å². The van der Waals surface area contributed by atoms with E-state index in [4.69, 9.17) is 4.42 Å². The largest absolute Gasteiger partial charge is 0.464 e. The van der Waals surface area contributed by atoms with Gasteiger partial charge in [0.1, 0.15) is 11.4 Å². The van der Waals surface area contributed by atoms with Crippen molar-refractivity contribution >= 4 is 16.9 Å². The first-order chi connectivity index (χ1) is 11.9. The average Bonchev–Trinajstić information content (AvgIpc) is 3.01. The normalized spacial score (nSPS) is 17.9. The minimum absolute atomic E-state index is 0.00878. The molecule has 1 heterocycles. The van der Waals surface area contributed by atoms with Crippen LogP contribution < -0.4 is 5.32 Å². The fraction of sp³-hybridized carbons (Fsp3) is 0.211. The van der Waals surface area contributed by atoms with E-state index in [1.807, 2.05) is 0 Å². The summed E-state index contributed by atoms with van der Waals surface area (Å²) in [5.41, 5.74) is -0.354. The number of carbonyl (C=O) groups is 1. The summed E-state index contributed by atoms with van der Waals surface area (Å²) in [6.07, 6.45) is 0.365. The average molecular weight is 345 g/mol. The van der Waals surface area contributed by atoms with Crippen LogP contribution in [0.1, 0.15) is 28.8 Å². The summed E-state index contributed by atoms with van der Waals surface area (Å²) in [6, 6.07) is 12.5. The predicted octanol–water partition coefficient (Wildman–Crippen LogP) is 4.63. The Morgan fingerprint density at radius 1 is 1.08 bits per heavy atom. The zero-order valence-electron chi connectivity index (χ0n) is 13.1. The molecule has 1 aliphatic carbocycles. The maximum Gasteiger partial charge on any atom is 0.255 e. The van der Waals surface area contributed by atoms with Gasteiger partial charge < -0.3 is 9.73 Å². The highest BCUT2D eigenvalue weighted by molar-refractivity contribution is 6.05. The third-order valence-corrected chi connectivity index (χ3v) is 4.56. The minimum Gasteiger partial charge on any atom is -0.464 e. The molecule has 25 heavy (non-hydrogen) atoms. The van der Waals surface area contributed by atoms with Crippen molar-refractivity contribution in [3.8, 4) is 0 Å². The number of furan rings is 1. The molecule has 4 rings (SSSR count). The smallest absolute Gasteiger partial charge is 0.255 e. The van der Waals surface area contributed by atoms with E-state index in [1.54, 1.807) is 36.4 Å². The van der Waals surface area contributed by atoms with E-state index in [0.29, 0.717) is 10.9 Å². The number of halogens is 3. The summed E-state index contributed by atoms with van der Waals surface area (Å²) in [5, 5.41) is 3.12. The molecule has 0 spiro atoms. The molecule has 1 aliphatic rings. The lowest BCUT2D eigenvalue weighted by Crippen LogP contribution is -2.59. The SMILES string of the molecule is O=C(NC1(c2ccccc2)CC(F)(F)C1)c1cc(F)cc2ccoc12. The van der Waals surface area contributed by atoms with Crippen LogP contribution in [0.25, 0.3) is 11.0 Å². The number of hydrogen-bond donors (Lipinski definition) is 1. The predicted molar refractivity (Wildman–Crippen MR) is 85.9 cm³/mol. The van der Waals surface area contributed by atoms with E-state index in [9.17, 15) is 18.0 Å². The molecule has 0 unspecified atom stereocenters. The summed E-state index contributed by atoms with van der Waals surface area (Å²) < 4.78 is 46.2. The summed E-state index contributed by atoms with van der Waals surface area (Å²) >= 11 is 0. The van der Waals surface area contributed by atoms with Crippen LogP contribution in [-0.4, -0.2) is 11.8 Å². The number of amides is 1. The molecular formula is C19H14F3NO2. The Morgan fingerprint density at radius 2 is 1.80 bits per heavy atom. The third-order valence-electron chi connectivity index (χ3n) is 4.56. The maximum atomic E-state index is 13.8. The van der Waals surface area contributed by atoms with Crippen LogP contribution in [0.5, 0.6) is 0 Å². The Bertz CT molecular complexity index is 942. The van der Waals surface area contributed by atoms with Gasteiger partial charge in [-0.2, -0.15) is 0 Å². The van der Waals surface area contributed by atoms with Crippen molar-refractivity contribution in [1.82, 2.24) is 5.32 Å². The van der Waals surface area contributed by atoms with Gasteiger partial charge >= 0.3 is 0 Å². The minimum atomic E-state index is -2.84. The standard InChI is InChI=1S/C19H14F3NO2/c20-14-8-12-6-7-25-16(12)15(9-14)17(24)23-18(10-19(21,22)11-18)13-4-2-1-3-5-13/h1-9H,10-11H2,(H,23,24). The molecule has 2 aromatic carbocycles. The van der Waals surface area contributed by atoms with E-state index in [0.717, 1.165) is 6.07 Å². The monoisotopic (exact) mass is 345 g/mol. The fourth-order valence-corrected chi connectivity index (χ4v) is 3.45. The molecule has 0 bridgehead atoms. The maximum absolute atomic E-state index is 13.8. The van der Waals surface area contributed by atoms with Crippen molar-refractivity contribution in [2.24, 2.45) is 0 Å². The van der Waals surface area contributed by atoms with Crippen molar-refractivity contribution in [3.05, 3.63) is 71.7 Å². The van der Waals surface area contributed by atoms with Crippen molar-refractivity contribution in [1.29, 1.82) is 0 Å². The molecule has 1 amide bonds. The second-order valence-electron chi connectivity index (χ2n) is 6.40. The molecule has 0 radical (unpaired) electrons. The first-order valence-corrected chi connectivity index (χ1v) is 7.81. The molecule has 3 nitrogen and oxygen atoms in total. The summed E-state index contributed by atoms with van der Waals surface area (Å²) in [5.74, 6) is -4.07. The topological polar surface area (TPSA) is 42.2 Å². The quantitative estimate of drug-likeness (QED) is 0.752. The van der Waals surface area contributed by atoms with Gasteiger partial charge in [-0.3, -0.25) is 4.79 Å². The van der Waals surface area contributed by atoms with Gasteiger partial charge in [0.2, 0.25) is 0 Å². The van der Waals surface area contributed by atoms with Gasteiger partial charge in [0.05, 0.1) is 17.4 Å². The lowest BCUT2D eigenvalue weighted by molar-refractivity contribution is -0.133. The molecule has 1 saturated carbocycles. The Balaban J connectivity index is 1.71. The lowest BCUT2D eigenvalue weighted by Gasteiger charge is -2.48. The van der Waals surface area contributed by atoms with Crippen LogP contribution in [0.4, 0.5) is 13.2 Å². The highest BCUT2D eigenvalue weighted by Crippen LogP contribution is 2.51. The Labute approximate surface area is 141 Å². The van der Waals surface area contributed by atoms with Gasteiger partial charge in [0.15, 0.2) is 0 Å². The molecule has 0 atom stereocenters. The van der Waals surface area contributed by atoms with Crippen molar-refractivity contribution in [3.63, 3.8) is 0 Å². The van der Waals surface area contributed by atoms with E-state index in [2.05, 4.69) is 5.32 Å². The Kier molecular flexibility index (Phi) is 3.39. The number of benzene rings is 2. The molecule has 1 N–H and O–H groups in total. The molecule has 1 fully saturated rings. The number of alkyl halides is 2. The molecule has 0 aliphatic heterocycles. The molecule has 1 aromatic heterocycles. The number of nitrogens with one attached hydrogen (secondary N) is 1. The third kappa shape index (κ3) is 2.67. The number of hydrogen-bond acceptors (Lipinski definition) is 2. The van der Waals surface area contributed by atoms with Crippen LogP contribution in [0.3, 0.4) is 0 Å². The summed E-state index contributed by atoms with van der Waals surface area (Å²) in [6.45, 7) is 0. The van der Waals surface area contributed by atoms with Crippen LogP contribution in [0.15, 0.2) is 59.2 Å². The van der Waals surface area contributed by atoms with Gasteiger partial charge in [-0.05, 0) is 23.8 Å². The fourth-order valence-electron chi connectivity index (χ4n) is 3.45. The van der Waals surface area contributed by atoms with E-state index < -0.39 is 36.0 Å². The van der Waals surface area contributed by atoms with Gasteiger partial charge in [0.25, 0.3) is 11.8 Å². The Hall–Kier alpha value is -2.76. The van der Waals surface area contributed by atoms with Crippen molar-refractivity contribution in [2.75, 3.05) is 0 Å². The molecule has 6 heteroatoms. The Morgan fingerprint density at radius 3 is 2.48 bits per heavy atom. The summed E-state index contributed by atoms with van der Waals surface area (Å²) in [7, 11) is 0. The first kappa shape index (κ1) is 15.7. The van der Waals surface area contributed by atoms with E-state index in [-0.39, 0.29) is 11.1 Å². The summed E-state index contributed by atoms with van der Waals surface area (Å²) in [4.78, 5) is 12.7. The van der Waals surface area contributed by atoms with Gasteiger partial charge in [0, 0.05) is 18.2 Å². The second-order valence-corrected chi connectivity index (χ2v) is 6.40. The lowest BCUT2D eigenvalue weighted by atomic mass is 9.69. The van der Waals surface area contributed by atoms with Gasteiger partial charge in [-0.1, -0.05) is 30.3 Å². The van der Waals surface area contributed by atoms with Crippen LogP contribution in [0.2, 0.25) is 0 Å².